The monoisotopic (exact) mass is 365 g/mol. The fraction of sp³-hybridized carbons (Fsp3) is 0.143. The quantitative estimate of drug-likeness (QED) is 0.449. The van der Waals surface area contributed by atoms with E-state index >= 15 is 0 Å². The Morgan fingerprint density at radius 3 is 2.69 bits per heavy atom. The van der Waals surface area contributed by atoms with E-state index in [0.29, 0.717) is 12.1 Å². The molecule has 1 heterocycles. The molecule has 3 rings (SSSR count). The van der Waals surface area contributed by atoms with E-state index in [4.69, 9.17) is 0 Å². The Bertz CT molecular complexity index is 1010. The molecule has 0 bridgehead atoms. The minimum atomic E-state index is -0.282. The summed E-state index contributed by atoms with van der Waals surface area (Å²) >= 11 is 1.52. The van der Waals surface area contributed by atoms with Gasteiger partial charge in [-0.1, -0.05) is 54.1 Å². The second kappa shape index (κ2) is 8.06. The first-order valence-corrected chi connectivity index (χ1v) is 9.13. The van der Waals surface area contributed by atoms with Crippen molar-refractivity contribution in [1.29, 1.82) is 0 Å². The van der Waals surface area contributed by atoms with Gasteiger partial charge >= 0.3 is 0 Å². The number of benzene rings is 2. The minimum Gasteiger partial charge on any atom is -0.253 e. The number of hydrogen-bond acceptors (Lipinski definition) is 3. The zero-order chi connectivity index (χ0) is 18.5. The van der Waals surface area contributed by atoms with E-state index < -0.39 is 0 Å². The van der Waals surface area contributed by atoms with Gasteiger partial charge in [0.25, 0.3) is 0 Å². The Hall–Kier alpha value is -2.79. The predicted molar refractivity (Wildman–Crippen MR) is 107 cm³/mol. The summed E-state index contributed by atoms with van der Waals surface area (Å²) in [6.07, 6.45) is 1.65. The zero-order valence-electron chi connectivity index (χ0n) is 14.8. The molecule has 0 atom stereocenters. The van der Waals surface area contributed by atoms with Gasteiger partial charge in [0, 0.05) is 10.9 Å². The van der Waals surface area contributed by atoms with Crippen LogP contribution in [-0.4, -0.2) is 17.4 Å². The number of halogens is 1. The van der Waals surface area contributed by atoms with Crippen molar-refractivity contribution in [3.05, 3.63) is 87.8 Å². The van der Waals surface area contributed by atoms with Crippen molar-refractivity contribution in [2.75, 3.05) is 6.54 Å². The van der Waals surface area contributed by atoms with Gasteiger partial charge in [-0.3, -0.25) is 4.99 Å². The molecule has 0 N–H and O–H groups in total. The van der Waals surface area contributed by atoms with Crippen molar-refractivity contribution in [2.45, 2.75) is 13.8 Å². The highest BCUT2D eigenvalue weighted by Crippen LogP contribution is 2.20. The fourth-order valence-corrected chi connectivity index (χ4v) is 3.19. The maximum atomic E-state index is 13.4. The Balaban J connectivity index is 2.07. The van der Waals surface area contributed by atoms with E-state index in [-0.39, 0.29) is 5.82 Å². The van der Waals surface area contributed by atoms with Gasteiger partial charge in [-0.25, -0.2) is 9.07 Å². The Morgan fingerprint density at radius 1 is 1.23 bits per heavy atom. The van der Waals surface area contributed by atoms with Crippen LogP contribution in [-0.2, 0) is 0 Å². The lowest BCUT2D eigenvalue weighted by atomic mass is 10.1. The molecule has 0 aliphatic carbocycles. The summed E-state index contributed by atoms with van der Waals surface area (Å²) in [6.45, 7) is 8.44. The molecule has 3 nitrogen and oxygen atoms in total. The Kier molecular flexibility index (Phi) is 5.58. The minimum absolute atomic E-state index is 0.282. The van der Waals surface area contributed by atoms with Gasteiger partial charge in [0.1, 0.15) is 5.82 Å². The lowest BCUT2D eigenvalue weighted by Crippen LogP contribution is -2.13. The normalized spacial score (nSPS) is 12.0. The van der Waals surface area contributed by atoms with E-state index in [1.807, 2.05) is 18.4 Å². The number of rotatable bonds is 5. The van der Waals surface area contributed by atoms with Crippen LogP contribution in [0, 0.1) is 12.7 Å². The Morgan fingerprint density at radius 2 is 2.00 bits per heavy atom. The van der Waals surface area contributed by atoms with Crippen LogP contribution in [0.4, 0.5) is 4.39 Å². The maximum absolute atomic E-state index is 13.4. The number of aryl methyl sites for hydroxylation is 1. The first-order chi connectivity index (χ1) is 12.5. The van der Waals surface area contributed by atoms with Crippen molar-refractivity contribution in [3.63, 3.8) is 0 Å². The molecule has 0 saturated carbocycles. The molecule has 1 aromatic heterocycles. The van der Waals surface area contributed by atoms with Crippen LogP contribution in [0.3, 0.4) is 0 Å². The van der Waals surface area contributed by atoms with Gasteiger partial charge in [0.05, 0.1) is 18.5 Å². The summed E-state index contributed by atoms with van der Waals surface area (Å²) in [4.78, 5) is 5.37. The van der Waals surface area contributed by atoms with E-state index in [2.05, 4.69) is 47.9 Å². The molecule has 2 aromatic carbocycles. The van der Waals surface area contributed by atoms with Crippen LogP contribution < -0.4 is 4.80 Å². The number of nitrogens with zero attached hydrogens (tertiary/aromatic N) is 3. The van der Waals surface area contributed by atoms with Gasteiger partial charge in [-0.15, -0.1) is 11.3 Å². The van der Waals surface area contributed by atoms with Gasteiger partial charge in [0.15, 0.2) is 0 Å². The lowest BCUT2D eigenvalue weighted by Gasteiger charge is -2.04. The van der Waals surface area contributed by atoms with Crippen molar-refractivity contribution in [1.82, 2.24) is 4.68 Å². The molecular weight excluding hydrogens is 345 g/mol. The molecule has 0 aliphatic rings. The van der Waals surface area contributed by atoms with Crippen LogP contribution >= 0.6 is 11.3 Å². The van der Waals surface area contributed by atoms with Crippen LogP contribution in [0.1, 0.15) is 18.1 Å². The average molecular weight is 365 g/mol. The summed E-state index contributed by atoms with van der Waals surface area (Å²) in [5.41, 5.74) is 4.88. The van der Waals surface area contributed by atoms with E-state index in [0.717, 1.165) is 21.6 Å². The number of thiazole rings is 1. The van der Waals surface area contributed by atoms with Crippen LogP contribution in [0.15, 0.2) is 76.2 Å². The SMILES string of the molecule is C=C(C)CN=c1scc(-c2ccc(C)cc2)n1N=Cc1cccc(F)c1. The van der Waals surface area contributed by atoms with E-state index in [9.17, 15) is 4.39 Å². The third-order valence-electron chi connectivity index (χ3n) is 3.69. The summed E-state index contributed by atoms with van der Waals surface area (Å²) in [5, 5.41) is 6.60. The molecule has 0 amide bonds. The highest BCUT2D eigenvalue weighted by atomic mass is 32.1. The number of aromatic nitrogens is 1. The standard InChI is InChI=1S/C21H20FN3S/c1-15(2)12-23-21-25(24-13-17-5-4-6-19(22)11-17)20(14-26-21)18-9-7-16(3)8-10-18/h4-11,13-14H,1,12H2,2-3H3. The Labute approximate surface area is 156 Å². The van der Waals surface area contributed by atoms with Gasteiger partial charge in [0.2, 0.25) is 4.80 Å². The fourth-order valence-electron chi connectivity index (χ4n) is 2.36. The zero-order valence-corrected chi connectivity index (χ0v) is 15.6. The summed E-state index contributed by atoms with van der Waals surface area (Å²) in [6, 6.07) is 14.6. The molecule has 0 spiro atoms. The molecule has 3 aromatic rings. The number of hydrogen-bond donors (Lipinski definition) is 0. The molecule has 0 unspecified atom stereocenters. The first kappa shape index (κ1) is 18.0. The molecule has 132 valence electrons. The predicted octanol–water partition coefficient (Wildman–Crippen LogP) is 5.02. The largest absolute Gasteiger partial charge is 0.253 e. The van der Waals surface area contributed by atoms with E-state index in [1.165, 1.54) is 29.0 Å². The highest BCUT2D eigenvalue weighted by Gasteiger charge is 2.07. The second-order valence-electron chi connectivity index (χ2n) is 6.15. The smallest absolute Gasteiger partial charge is 0.206 e. The summed E-state index contributed by atoms with van der Waals surface area (Å²) < 4.78 is 15.2. The lowest BCUT2D eigenvalue weighted by molar-refractivity contribution is 0.627. The molecule has 0 fully saturated rings. The summed E-state index contributed by atoms with van der Waals surface area (Å²) in [5.74, 6) is -0.282. The first-order valence-electron chi connectivity index (χ1n) is 8.25. The molecule has 0 radical (unpaired) electrons. The highest BCUT2D eigenvalue weighted by molar-refractivity contribution is 7.07. The van der Waals surface area contributed by atoms with Crippen molar-refractivity contribution < 1.29 is 4.39 Å². The second-order valence-corrected chi connectivity index (χ2v) is 6.99. The van der Waals surface area contributed by atoms with Gasteiger partial charge in [-0.2, -0.15) is 5.10 Å². The summed E-state index contributed by atoms with van der Waals surface area (Å²) in [7, 11) is 0. The third-order valence-corrected chi connectivity index (χ3v) is 4.54. The molecule has 0 saturated heterocycles. The van der Waals surface area contributed by atoms with Crippen LogP contribution in [0.5, 0.6) is 0 Å². The van der Waals surface area contributed by atoms with E-state index in [1.54, 1.807) is 17.0 Å². The van der Waals surface area contributed by atoms with Crippen molar-refractivity contribution >= 4 is 17.6 Å². The van der Waals surface area contributed by atoms with Crippen LogP contribution in [0.2, 0.25) is 0 Å². The van der Waals surface area contributed by atoms with Crippen LogP contribution in [0.25, 0.3) is 11.3 Å². The molecule has 0 aliphatic heterocycles. The average Bonchev–Trinajstić information content (AvgIpc) is 3.02. The third kappa shape index (κ3) is 4.43. The molecular formula is C21H20FN3S. The van der Waals surface area contributed by atoms with Gasteiger partial charge < -0.3 is 0 Å². The molecule has 5 heteroatoms. The van der Waals surface area contributed by atoms with Gasteiger partial charge in [-0.05, 0) is 31.5 Å². The maximum Gasteiger partial charge on any atom is 0.206 e. The van der Waals surface area contributed by atoms with Crippen molar-refractivity contribution in [2.24, 2.45) is 10.1 Å². The topological polar surface area (TPSA) is 29.6 Å². The van der Waals surface area contributed by atoms with Crippen molar-refractivity contribution in [3.8, 4) is 11.3 Å². The molecule has 26 heavy (non-hydrogen) atoms.